The van der Waals surface area contributed by atoms with Crippen molar-refractivity contribution in [2.75, 3.05) is 19.7 Å². The Bertz CT molecular complexity index is 567. The lowest BCUT2D eigenvalue weighted by molar-refractivity contribution is -0.0546. The van der Waals surface area contributed by atoms with Gasteiger partial charge in [-0.1, -0.05) is 0 Å². The van der Waals surface area contributed by atoms with Crippen LogP contribution in [0.4, 0.5) is 0 Å². The number of carbonyl (C=O) groups excluding carboxylic acids is 1. The van der Waals surface area contributed by atoms with Crippen molar-refractivity contribution in [3.05, 3.63) is 23.2 Å². The van der Waals surface area contributed by atoms with E-state index in [1.54, 1.807) is 16.2 Å². The summed E-state index contributed by atoms with van der Waals surface area (Å²) in [7, 11) is 0. The summed E-state index contributed by atoms with van der Waals surface area (Å²) < 4.78 is 1.08. The molecule has 102 valence electrons. The number of aliphatic hydroxyl groups is 2. The number of hydrogen-bond acceptors (Lipinski definition) is 4. The molecule has 1 aliphatic rings. The number of piperidine rings is 1. The molecule has 2 aromatic heterocycles. The number of aliphatic hydroxyl groups excluding tert-OH is 1. The van der Waals surface area contributed by atoms with Crippen LogP contribution in [0, 0.1) is 0 Å². The second kappa shape index (κ2) is 4.63. The maximum absolute atomic E-state index is 12.3. The second-order valence-corrected chi connectivity index (χ2v) is 6.00. The van der Waals surface area contributed by atoms with Gasteiger partial charge in [0.2, 0.25) is 0 Å². The van der Waals surface area contributed by atoms with Gasteiger partial charge in [0.25, 0.3) is 5.91 Å². The van der Waals surface area contributed by atoms with Gasteiger partial charge in [0.1, 0.15) is 5.69 Å². The molecule has 0 atom stereocenters. The molecule has 0 radical (unpaired) electrons. The standard InChI is InChI=1S/C13H16N2O3S/c16-8-13(18)2-4-15(5-3-13)12(17)10-7-11-9(14-10)1-6-19-11/h1,6-7,14,16,18H,2-5,8H2. The number of aromatic nitrogens is 1. The fourth-order valence-corrected chi connectivity index (χ4v) is 3.20. The number of hydrogen-bond donors (Lipinski definition) is 3. The van der Waals surface area contributed by atoms with Crippen LogP contribution in [0.3, 0.4) is 0 Å². The third-order valence-corrected chi connectivity index (χ3v) is 4.61. The number of H-pyrrole nitrogens is 1. The minimum atomic E-state index is -1.02. The Morgan fingerprint density at radius 2 is 2.21 bits per heavy atom. The van der Waals surface area contributed by atoms with E-state index in [4.69, 9.17) is 5.11 Å². The van der Waals surface area contributed by atoms with Crippen molar-refractivity contribution < 1.29 is 15.0 Å². The van der Waals surface area contributed by atoms with Crippen LogP contribution in [0.1, 0.15) is 23.3 Å². The molecule has 0 aromatic carbocycles. The Morgan fingerprint density at radius 1 is 1.47 bits per heavy atom. The first-order chi connectivity index (χ1) is 9.11. The molecular formula is C13H16N2O3S. The second-order valence-electron chi connectivity index (χ2n) is 5.06. The van der Waals surface area contributed by atoms with Crippen molar-refractivity contribution in [1.29, 1.82) is 0 Å². The maximum Gasteiger partial charge on any atom is 0.270 e. The Balaban J connectivity index is 1.73. The minimum absolute atomic E-state index is 0.0385. The summed E-state index contributed by atoms with van der Waals surface area (Å²) in [6.07, 6.45) is 0.842. The Kier molecular flexibility index (Phi) is 3.08. The quantitative estimate of drug-likeness (QED) is 0.773. The van der Waals surface area contributed by atoms with Gasteiger partial charge in [-0.15, -0.1) is 11.3 Å². The van der Waals surface area contributed by atoms with Gasteiger partial charge in [-0.25, -0.2) is 0 Å². The molecule has 1 amide bonds. The minimum Gasteiger partial charge on any atom is -0.393 e. The van der Waals surface area contributed by atoms with Crippen molar-refractivity contribution in [3.8, 4) is 0 Å². The van der Waals surface area contributed by atoms with Gasteiger partial charge in [-0.05, 0) is 30.4 Å². The van der Waals surface area contributed by atoms with E-state index < -0.39 is 5.60 Å². The highest BCUT2D eigenvalue weighted by Gasteiger charge is 2.33. The van der Waals surface area contributed by atoms with Crippen LogP contribution in [0.25, 0.3) is 10.2 Å². The van der Waals surface area contributed by atoms with Crippen molar-refractivity contribution in [1.82, 2.24) is 9.88 Å². The Morgan fingerprint density at radius 3 is 2.84 bits per heavy atom. The van der Waals surface area contributed by atoms with Gasteiger partial charge in [0, 0.05) is 13.1 Å². The highest BCUT2D eigenvalue weighted by Crippen LogP contribution is 2.25. The largest absolute Gasteiger partial charge is 0.393 e. The van der Waals surface area contributed by atoms with Gasteiger partial charge in [-0.2, -0.15) is 0 Å². The van der Waals surface area contributed by atoms with Gasteiger partial charge < -0.3 is 20.1 Å². The van der Waals surface area contributed by atoms with E-state index >= 15 is 0 Å². The summed E-state index contributed by atoms with van der Waals surface area (Å²) in [5.41, 5.74) is 0.556. The molecule has 0 unspecified atom stereocenters. The molecule has 0 spiro atoms. The summed E-state index contributed by atoms with van der Waals surface area (Å²) in [5.74, 6) is -0.0385. The number of nitrogens with one attached hydrogen (secondary N) is 1. The summed E-state index contributed by atoms with van der Waals surface area (Å²) in [6, 6.07) is 3.83. The third kappa shape index (κ3) is 2.27. The number of aromatic amines is 1. The molecule has 1 saturated heterocycles. The molecule has 0 saturated carbocycles. The first kappa shape index (κ1) is 12.7. The van der Waals surface area contributed by atoms with Gasteiger partial charge in [-0.3, -0.25) is 4.79 Å². The lowest BCUT2D eigenvalue weighted by Gasteiger charge is -2.36. The fraction of sp³-hybridized carbons (Fsp3) is 0.462. The number of fused-ring (bicyclic) bond motifs is 1. The number of nitrogens with zero attached hydrogens (tertiary/aromatic N) is 1. The molecule has 0 bridgehead atoms. The van der Waals surface area contributed by atoms with Gasteiger partial charge in [0.05, 0.1) is 22.4 Å². The Labute approximate surface area is 114 Å². The predicted octanol–water partition coefficient (Wildman–Crippen LogP) is 1.19. The summed E-state index contributed by atoms with van der Waals surface area (Å²) >= 11 is 1.60. The number of rotatable bonds is 2. The topological polar surface area (TPSA) is 76.6 Å². The van der Waals surface area contributed by atoms with E-state index in [1.165, 1.54) is 0 Å². The monoisotopic (exact) mass is 280 g/mol. The third-order valence-electron chi connectivity index (χ3n) is 3.75. The van der Waals surface area contributed by atoms with Crippen LogP contribution in [0.2, 0.25) is 0 Å². The van der Waals surface area contributed by atoms with Gasteiger partial charge >= 0.3 is 0 Å². The SMILES string of the molecule is O=C(c1cc2sccc2[nH]1)N1CCC(O)(CO)CC1. The number of amides is 1. The van der Waals surface area contributed by atoms with Crippen LogP contribution >= 0.6 is 11.3 Å². The van der Waals surface area contributed by atoms with Crippen molar-refractivity contribution in [2.24, 2.45) is 0 Å². The fourth-order valence-electron chi connectivity index (χ4n) is 2.42. The molecule has 1 aliphatic heterocycles. The molecule has 0 aliphatic carbocycles. The highest BCUT2D eigenvalue weighted by molar-refractivity contribution is 7.17. The lowest BCUT2D eigenvalue weighted by atomic mass is 9.92. The van der Waals surface area contributed by atoms with E-state index in [2.05, 4.69) is 4.98 Å². The van der Waals surface area contributed by atoms with Crippen molar-refractivity contribution in [3.63, 3.8) is 0 Å². The molecule has 5 nitrogen and oxygen atoms in total. The molecule has 3 rings (SSSR count). The molecule has 6 heteroatoms. The average molecular weight is 280 g/mol. The van der Waals surface area contributed by atoms with Crippen LogP contribution < -0.4 is 0 Å². The highest BCUT2D eigenvalue weighted by atomic mass is 32.1. The Hall–Kier alpha value is -1.37. The molecule has 2 aromatic rings. The first-order valence-electron chi connectivity index (χ1n) is 6.30. The zero-order valence-electron chi connectivity index (χ0n) is 10.4. The predicted molar refractivity (Wildman–Crippen MR) is 73.3 cm³/mol. The molecular weight excluding hydrogens is 264 g/mol. The number of likely N-dealkylation sites (tertiary alicyclic amines) is 1. The van der Waals surface area contributed by atoms with Crippen molar-refractivity contribution in [2.45, 2.75) is 18.4 Å². The first-order valence-corrected chi connectivity index (χ1v) is 7.18. The van der Waals surface area contributed by atoms with E-state index in [0.29, 0.717) is 31.6 Å². The maximum atomic E-state index is 12.3. The molecule has 3 heterocycles. The summed E-state index contributed by atoms with van der Waals surface area (Å²) in [6.45, 7) is 0.707. The zero-order chi connectivity index (χ0) is 13.5. The smallest absolute Gasteiger partial charge is 0.270 e. The van der Waals surface area contributed by atoms with Crippen LogP contribution in [0.15, 0.2) is 17.5 Å². The van der Waals surface area contributed by atoms with E-state index in [0.717, 1.165) is 10.2 Å². The van der Waals surface area contributed by atoms with E-state index in [-0.39, 0.29) is 12.5 Å². The van der Waals surface area contributed by atoms with Crippen molar-refractivity contribution >= 4 is 27.5 Å². The van der Waals surface area contributed by atoms with Crippen LogP contribution in [0.5, 0.6) is 0 Å². The molecule has 3 N–H and O–H groups in total. The molecule has 19 heavy (non-hydrogen) atoms. The summed E-state index contributed by atoms with van der Waals surface area (Å²) in [5, 5.41) is 21.0. The van der Waals surface area contributed by atoms with E-state index in [1.807, 2.05) is 17.5 Å². The average Bonchev–Trinajstić information content (AvgIpc) is 2.99. The van der Waals surface area contributed by atoms with Crippen LogP contribution in [-0.2, 0) is 0 Å². The van der Waals surface area contributed by atoms with E-state index in [9.17, 15) is 9.90 Å². The number of carbonyl (C=O) groups is 1. The lowest BCUT2D eigenvalue weighted by Crippen LogP contribution is -2.48. The number of thiophene rings is 1. The van der Waals surface area contributed by atoms with Crippen LogP contribution in [-0.4, -0.2) is 51.3 Å². The summed E-state index contributed by atoms with van der Waals surface area (Å²) in [4.78, 5) is 17.2. The zero-order valence-corrected chi connectivity index (χ0v) is 11.2. The van der Waals surface area contributed by atoms with Gasteiger partial charge in [0.15, 0.2) is 0 Å². The molecule has 1 fully saturated rings. The normalized spacial score (nSPS) is 18.9.